The summed E-state index contributed by atoms with van der Waals surface area (Å²) < 4.78 is 5.07. The second-order valence-electron chi connectivity index (χ2n) is 8.39. The van der Waals surface area contributed by atoms with Gasteiger partial charge in [-0.1, -0.05) is 36.9 Å². The summed E-state index contributed by atoms with van der Waals surface area (Å²) >= 11 is 0. The number of ether oxygens (including phenoxy) is 1. The minimum atomic E-state index is -0.367. The molecule has 0 unspecified atom stereocenters. The van der Waals surface area contributed by atoms with E-state index >= 15 is 0 Å². The molecule has 1 saturated heterocycles. The Morgan fingerprint density at radius 3 is 2.49 bits per heavy atom. The fraction of sp³-hybridized carbons (Fsp3) is 0.250. The molecule has 1 fully saturated rings. The number of hydrogen-bond donors (Lipinski definition) is 1. The van der Waals surface area contributed by atoms with Crippen molar-refractivity contribution in [3.63, 3.8) is 0 Å². The van der Waals surface area contributed by atoms with Crippen LogP contribution in [0.1, 0.15) is 22.3 Å². The fourth-order valence-corrected chi connectivity index (χ4v) is 4.24. The average molecular weight is 472 g/mol. The van der Waals surface area contributed by atoms with E-state index < -0.39 is 0 Å². The molecule has 35 heavy (non-hydrogen) atoms. The summed E-state index contributed by atoms with van der Waals surface area (Å²) in [5.41, 5.74) is 4.39. The zero-order chi connectivity index (χ0) is 24.6. The number of nitrogens with zero attached hydrogens (tertiary/aromatic N) is 3. The molecule has 4 rings (SSSR count). The number of amides is 1. The van der Waals surface area contributed by atoms with Crippen LogP contribution in [0.3, 0.4) is 0 Å². The second-order valence-corrected chi connectivity index (χ2v) is 8.39. The Morgan fingerprint density at radius 2 is 1.77 bits per heavy atom. The van der Waals surface area contributed by atoms with Gasteiger partial charge in [0, 0.05) is 50.0 Å². The molecule has 180 valence electrons. The highest BCUT2D eigenvalue weighted by molar-refractivity contribution is 5.90. The van der Waals surface area contributed by atoms with Crippen LogP contribution in [0.15, 0.2) is 79.6 Å². The third-order valence-corrected chi connectivity index (χ3v) is 6.09. The van der Waals surface area contributed by atoms with Crippen molar-refractivity contribution in [2.45, 2.75) is 12.8 Å². The first-order chi connectivity index (χ1) is 17.0. The molecule has 7 heteroatoms. The molecule has 1 N–H and O–H groups in total. The van der Waals surface area contributed by atoms with Gasteiger partial charge < -0.3 is 19.6 Å². The van der Waals surface area contributed by atoms with E-state index in [2.05, 4.69) is 16.5 Å². The fourth-order valence-electron chi connectivity index (χ4n) is 4.24. The molecule has 0 aliphatic carbocycles. The molecule has 0 bridgehead atoms. The monoisotopic (exact) mass is 471 g/mol. The van der Waals surface area contributed by atoms with Crippen LogP contribution in [0.2, 0.25) is 0 Å². The zero-order valence-electron chi connectivity index (χ0n) is 19.6. The lowest BCUT2D eigenvalue weighted by atomic mass is 9.97. The smallest absolute Gasteiger partial charge is 0.338 e. The van der Waals surface area contributed by atoms with E-state index in [0.29, 0.717) is 31.5 Å². The summed E-state index contributed by atoms with van der Waals surface area (Å²) in [6.45, 7) is 6.51. The summed E-state index contributed by atoms with van der Waals surface area (Å²) in [4.78, 5) is 33.1. The Bertz CT molecular complexity index is 1180. The van der Waals surface area contributed by atoms with Crippen LogP contribution in [0.5, 0.6) is 5.75 Å². The van der Waals surface area contributed by atoms with Crippen molar-refractivity contribution in [2.75, 3.05) is 37.7 Å². The normalized spacial score (nSPS) is 13.4. The number of carbonyl (C=O) groups is 2. The maximum absolute atomic E-state index is 12.9. The molecule has 0 atom stereocenters. The number of anilines is 1. The molecular weight excluding hydrogens is 442 g/mol. The number of pyridine rings is 1. The van der Waals surface area contributed by atoms with Gasteiger partial charge in [-0.2, -0.15) is 0 Å². The van der Waals surface area contributed by atoms with E-state index in [9.17, 15) is 14.7 Å². The predicted octanol–water partition coefficient (Wildman–Crippen LogP) is 4.08. The highest BCUT2D eigenvalue weighted by Crippen LogP contribution is 2.27. The third-order valence-electron chi connectivity index (χ3n) is 6.09. The van der Waals surface area contributed by atoms with Gasteiger partial charge in [0.1, 0.15) is 12.4 Å². The van der Waals surface area contributed by atoms with Gasteiger partial charge in [0.15, 0.2) is 0 Å². The van der Waals surface area contributed by atoms with E-state index in [0.717, 1.165) is 35.5 Å². The topological polar surface area (TPSA) is 83.0 Å². The summed E-state index contributed by atoms with van der Waals surface area (Å²) in [7, 11) is 0. The first-order valence-corrected chi connectivity index (χ1v) is 11.7. The summed E-state index contributed by atoms with van der Waals surface area (Å²) in [6, 6.07) is 16.9. The van der Waals surface area contributed by atoms with Crippen molar-refractivity contribution in [3.05, 3.63) is 90.8 Å². The number of aryl methyl sites for hydroxylation is 1. The summed E-state index contributed by atoms with van der Waals surface area (Å²) in [6.07, 6.45) is 5.70. The van der Waals surface area contributed by atoms with Crippen molar-refractivity contribution in [3.8, 4) is 16.9 Å². The molecule has 1 aromatic heterocycles. The maximum Gasteiger partial charge on any atom is 0.338 e. The van der Waals surface area contributed by atoms with Crippen LogP contribution < -0.4 is 4.90 Å². The standard InChI is InChI=1S/C28H29N3O4/c1-2-17-35-28(34)22-7-10-24(11-8-22)30-13-15-31(16-14-30)27(33)12-9-21-5-3-4-6-26(21)23-18-25(32)20-29-19-23/h2-8,10-11,18-20,32H,1,9,12-17H2. The average Bonchev–Trinajstić information content (AvgIpc) is 2.90. The van der Waals surface area contributed by atoms with Crippen molar-refractivity contribution >= 4 is 17.6 Å². The van der Waals surface area contributed by atoms with Crippen molar-refractivity contribution in [1.82, 2.24) is 9.88 Å². The Balaban J connectivity index is 1.30. The number of piperazine rings is 1. The number of esters is 1. The minimum absolute atomic E-state index is 0.119. The summed E-state index contributed by atoms with van der Waals surface area (Å²) in [5.74, 6) is -0.115. The van der Waals surface area contributed by atoms with Gasteiger partial charge >= 0.3 is 5.97 Å². The van der Waals surface area contributed by atoms with Crippen LogP contribution in [0, 0.1) is 0 Å². The van der Waals surface area contributed by atoms with Gasteiger partial charge in [0.05, 0.1) is 11.8 Å². The second kappa shape index (κ2) is 11.3. The number of benzene rings is 2. The van der Waals surface area contributed by atoms with E-state index in [1.54, 1.807) is 24.4 Å². The number of carbonyl (C=O) groups excluding carboxylic acids is 2. The summed E-state index contributed by atoms with van der Waals surface area (Å²) in [5, 5.41) is 9.78. The van der Waals surface area contributed by atoms with Gasteiger partial charge in [-0.15, -0.1) is 0 Å². The van der Waals surface area contributed by atoms with E-state index in [1.807, 2.05) is 41.3 Å². The van der Waals surface area contributed by atoms with Crippen LogP contribution in [0.25, 0.3) is 11.1 Å². The van der Waals surface area contributed by atoms with Crippen LogP contribution in [0.4, 0.5) is 5.69 Å². The van der Waals surface area contributed by atoms with Gasteiger partial charge in [-0.25, -0.2) is 4.79 Å². The Labute approximate surface area is 205 Å². The largest absolute Gasteiger partial charge is 0.506 e. The van der Waals surface area contributed by atoms with Gasteiger partial charge in [0.25, 0.3) is 0 Å². The number of rotatable bonds is 8. The Hall–Kier alpha value is -4.13. The van der Waals surface area contributed by atoms with Crippen molar-refractivity contribution < 1.29 is 19.4 Å². The quantitative estimate of drug-likeness (QED) is 0.394. The van der Waals surface area contributed by atoms with Crippen molar-refractivity contribution in [1.29, 1.82) is 0 Å². The van der Waals surface area contributed by atoms with Crippen LogP contribution >= 0.6 is 0 Å². The Morgan fingerprint density at radius 1 is 1.03 bits per heavy atom. The van der Waals surface area contributed by atoms with E-state index in [-0.39, 0.29) is 24.2 Å². The third kappa shape index (κ3) is 6.06. The van der Waals surface area contributed by atoms with E-state index in [4.69, 9.17) is 4.74 Å². The first-order valence-electron chi connectivity index (χ1n) is 11.7. The molecule has 2 heterocycles. The molecule has 0 spiro atoms. The number of aromatic nitrogens is 1. The minimum Gasteiger partial charge on any atom is -0.506 e. The molecule has 0 radical (unpaired) electrons. The molecule has 3 aromatic rings. The number of aromatic hydroxyl groups is 1. The molecule has 7 nitrogen and oxygen atoms in total. The lowest BCUT2D eigenvalue weighted by Crippen LogP contribution is -2.48. The SMILES string of the molecule is C=CCOC(=O)c1ccc(N2CCN(C(=O)CCc3ccccc3-c3cncc(O)c3)CC2)cc1. The predicted molar refractivity (Wildman–Crippen MR) is 135 cm³/mol. The zero-order valence-corrected chi connectivity index (χ0v) is 19.6. The number of hydrogen-bond acceptors (Lipinski definition) is 6. The first kappa shape index (κ1) is 24.0. The van der Waals surface area contributed by atoms with Crippen molar-refractivity contribution in [2.24, 2.45) is 0 Å². The molecule has 1 aliphatic rings. The van der Waals surface area contributed by atoms with Gasteiger partial charge in [-0.3, -0.25) is 9.78 Å². The lowest BCUT2D eigenvalue weighted by Gasteiger charge is -2.36. The van der Waals surface area contributed by atoms with Crippen LogP contribution in [-0.2, 0) is 16.0 Å². The molecular formula is C28H29N3O4. The van der Waals surface area contributed by atoms with E-state index in [1.165, 1.54) is 12.3 Å². The maximum atomic E-state index is 12.9. The molecule has 0 saturated carbocycles. The lowest BCUT2D eigenvalue weighted by molar-refractivity contribution is -0.131. The highest BCUT2D eigenvalue weighted by Gasteiger charge is 2.22. The van der Waals surface area contributed by atoms with Gasteiger partial charge in [-0.05, 0) is 47.9 Å². The molecule has 1 aliphatic heterocycles. The highest BCUT2D eigenvalue weighted by atomic mass is 16.5. The molecule has 1 amide bonds. The Kier molecular flexibility index (Phi) is 7.77. The molecule has 2 aromatic carbocycles. The van der Waals surface area contributed by atoms with Crippen LogP contribution in [-0.4, -0.2) is 59.7 Å². The van der Waals surface area contributed by atoms with Gasteiger partial charge in [0.2, 0.25) is 5.91 Å².